The van der Waals surface area contributed by atoms with Crippen LogP contribution >= 0.6 is 28.1 Å². The summed E-state index contributed by atoms with van der Waals surface area (Å²) < 4.78 is 5.89. The molecule has 1 rings (SSSR count). The SMILES string of the molecule is COc1ccc(Br)c(N=C=S)c1. The van der Waals surface area contributed by atoms with Gasteiger partial charge in [0.15, 0.2) is 0 Å². The van der Waals surface area contributed by atoms with E-state index in [2.05, 4.69) is 38.3 Å². The fraction of sp³-hybridized carbons (Fsp3) is 0.125. The zero-order valence-electron chi connectivity index (χ0n) is 6.37. The minimum absolute atomic E-state index is 0.726. The van der Waals surface area contributed by atoms with Gasteiger partial charge in [0.25, 0.3) is 0 Å². The van der Waals surface area contributed by atoms with Gasteiger partial charge in [0.2, 0.25) is 0 Å². The number of benzene rings is 1. The van der Waals surface area contributed by atoms with Gasteiger partial charge < -0.3 is 4.74 Å². The summed E-state index contributed by atoms with van der Waals surface area (Å²) in [6, 6.07) is 5.47. The largest absolute Gasteiger partial charge is 0.497 e. The molecule has 0 heterocycles. The van der Waals surface area contributed by atoms with Crippen LogP contribution in [0, 0.1) is 0 Å². The standard InChI is InChI=1S/C8H6BrNOS/c1-11-6-2-3-7(9)8(4-6)10-5-12/h2-4H,1H3. The van der Waals surface area contributed by atoms with Gasteiger partial charge in [0.05, 0.1) is 18.0 Å². The molecule has 0 bridgehead atoms. The second kappa shape index (κ2) is 4.36. The summed E-state index contributed by atoms with van der Waals surface area (Å²) in [6.45, 7) is 0. The predicted octanol–water partition coefficient (Wildman–Crippen LogP) is 3.19. The monoisotopic (exact) mass is 243 g/mol. The molecule has 1 aromatic rings. The van der Waals surface area contributed by atoms with Crippen molar-refractivity contribution >= 4 is 39.0 Å². The smallest absolute Gasteiger partial charge is 0.121 e. The zero-order valence-corrected chi connectivity index (χ0v) is 8.78. The molecule has 0 saturated carbocycles. The van der Waals surface area contributed by atoms with Crippen LogP contribution < -0.4 is 4.74 Å². The van der Waals surface area contributed by atoms with Crippen molar-refractivity contribution in [2.24, 2.45) is 4.99 Å². The number of hydrogen-bond acceptors (Lipinski definition) is 3. The van der Waals surface area contributed by atoms with Gasteiger partial charge in [-0.25, -0.2) is 0 Å². The molecule has 1 aromatic carbocycles. The van der Waals surface area contributed by atoms with Crippen LogP contribution in [0.1, 0.15) is 0 Å². The molecule has 0 aliphatic carbocycles. The third kappa shape index (κ3) is 2.14. The maximum Gasteiger partial charge on any atom is 0.121 e. The second-order valence-electron chi connectivity index (χ2n) is 2.02. The summed E-state index contributed by atoms with van der Waals surface area (Å²) in [7, 11) is 1.61. The summed E-state index contributed by atoms with van der Waals surface area (Å²) in [6.07, 6.45) is 0. The fourth-order valence-corrected chi connectivity index (χ4v) is 1.19. The van der Waals surface area contributed by atoms with Crippen LogP contribution in [-0.2, 0) is 0 Å². The van der Waals surface area contributed by atoms with Crippen molar-refractivity contribution in [3.63, 3.8) is 0 Å². The Morgan fingerprint density at radius 1 is 1.58 bits per heavy atom. The van der Waals surface area contributed by atoms with Gasteiger partial charge in [-0.2, -0.15) is 4.99 Å². The van der Waals surface area contributed by atoms with Gasteiger partial charge >= 0.3 is 0 Å². The summed E-state index contributed by atoms with van der Waals surface area (Å²) in [5.41, 5.74) is 0.726. The minimum atomic E-state index is 0.726. The molecule has 0 saturated heterocycles. The van der Waals surface area contributed by atoms with Crippen LogP contribution in [-0.4, -0.2) is 12.3 Å². The van der Waals surface area contributed by atoms with E-state index >= 15 is 0 Å². The molecule has 12 heavy (non-hydrogen) atoms. The Balaban J connectivity index is 3.16. The molecule has 2 nitrogen and oxygen atoms in total. The summed E-state index contributed by atoms with van der Waals surface area (Å²) >= 11 is 7.82. The number of hydrogen-bond donors (Lipinski definition) is 0. The molecule has 0 aromatic heterocycles. The zero-order chi connectivity index (χ0) is 8.97. The first-order chi connectivity index (χ1) is 5.77. The maximum atomic E-state index is 5.01. The Morgan fingerprint density at radius 3 is 2.92 bits per heavy atom. The van der Waals surface area contributed by atoms with Gasteiger partial charge in [0, 0.05) is 10.5 Å². The number of halogens is 1. The minimum Gasteiger partial charge on any atom is -0.497 e. The van der Waals surface area contributed by atoms with Crippen molar-refractivity contribution in [1.29, 1.82) is 0 Å². The average Bonchev–Trinajstić information content (AvgIpc) is 2.09. The van der Waals surface area contributed by atoms with Gasteiger partial charge in [-0.3, -0.25) is 0 Å². The first kappa shape index (κ1) is 9.39. The lowest BCUT2D eigenvalue weighted by molar-refractivity contribution is 0.415. The first-order valence-electron chi connectivity index (χ1n) is 3.19. The van der Waals surface area contributed by atoms with E-state index in [-0.39, 0.29) is 0 Å². The Bertz CT molecular complexity index is 334. The second-order valence-corrected chi connectivity index (χ2v) is 3.06. The maximum absolute atomic E-state index is 5.01. The van der Waals surface area contributed by atoms with Crippen LogP contribution in [0.4, 0.5) is 5.69 Å². The Labute approximate surface area is 84.4 Å². The molecule has 0 atom stereocenters. The Hall–Kier alpha value is -0.700. The fourth-order valence-electron chi connectivity index (χ4n) is 0.754. The molecule has 62 valence electrons. The molecule has 0 aliphatic rings. The highest BCUT2D eigenvalue weighted by molar-refractivity contribution is 9.10. The molecule has 0 aliphatic heterocycles. The molecule has 0 fully saturated rings. The molecule has 0 amide bonds. The summed E-state index contributed by atoms with van der Waals surface area (Å²) in [4.78, 5) is 3.85. The number of isothiocyanates is 1. The van der Waals surface area contributed by atoms with E-state index < -0.39 is 0 Å². The van der Waals surface area contributed by atoms with Crippen molar-refractivity contribution < 1.29 is 4.74 Å². The highest BCUT2D eigenvalue weighted by Gasteiger charge is 1.98. The van der Waals surface area contributed by atoms with E-state index in [4.69, 9.17) is 4.74 Å². The lowest BCUT2D eigenvalue weighted by Crippen LogP contribution is -1.81. The lowest BCUT2D eigenvalue weighted by Gasteiger charge is -2.00. The van der Waals surface area contributed by atoms with Gasteiger partial charge in [-0.1, -0.05) is 0 Å². The first-order valence-corrected chi connectivity index (χ1v) is 4.39. The van der Waals surface area contributed by atoms with Crippen LogP contribution in [0.3, 0.4) is 0 Å². The summed E-state index contributed by atoms with van der Waals surface area (Å²) in [5, 5.41) is 2.30. The Morgan fingerprint density at radius 2 is 2.33 bits per heavy atom. The van der Waals surface area contributed by atoms with Crippen molar-refractivity contribution in [2.75, 3.05) is 7.11 Å². The van der Waals surface area contributed by atoms with E-state index in [1.165, 1.54) is 0 Å². The molecular weight excluding hydrogens is 238 g/mol. The normalized spacial score (nSPS) is 8.83. The highest BCUT2D eigenvalue weighted by atomic mass is 79.9. The summed E-state index contributed by atoms with van der Waals surface area (Å²) in [5.74, 6) is 0.752. The quantitative estimate of drug-likeness (QED) is 0.588. The van der Waals surface area contributed by atoms with E-state index in [1.807, 2.05) is 12.1 Å². The van der Waals surface area contributed by atoms with Gasteiger partial charge in [-0.15, -0.1) is 0 Å². The van der Waals surface area contributed by atoms with Crippen LogP contribution in [0.25, 0.3) is 0 Å². The number of ether oxygens (including phenoxy) is 1. The molecule has 4 heteroatoms. The number of aliphatic imine (C=N–C) groups is 1. The Kier molecular flexibility index (Phi) is 3.41. The van der Waals surface area contributed by atoms with Crippen LogP contribution in [0.5, 0.6) is 5.75 Å². The third-order valence-electron chi connectivity index (χ3n) is 1.32. The van der Waals surface area contributed by atoms with Crippen molar-refractivity contribution in [3.05, 3.63) is 22.7 Å². The van der Waals surface area contributed by atoms with E-state index in [1.54, 1.807) is 13.2 Å². The number of methoxy groups -OCH3 is 1. The van der Waals surface area contributed by atoms with E-state index in [0.29, 0.717) is 0 Å². The highest BCUT2D eigenvalue weighted by Crippen LogP contribution is 2.28. The lowest BCUT2D eigenvalue weighted by atomic mass is 10.3. The number of rotatable bonds is 2. The molecule has 0 spiro atoms. The molecule has 0 unspecified atom stereocenters. The van der Waals surface area contributed by atoms with E-state index in [0.717, 1.165) is 15.9 Å². The van der Waals surface area contributed by atoms with Crippen molar-refractivity contribution in [3.8, 4) is 5.75 Å². The number of thiocarbonyl (C=S) groups is 1. The number of nitrogens with zero attached hydrogens (tertiary/aromatic N) is 1. The average molecular weight is 244 g/mol. The topological polar surface area (TPSA) is 21.6 Å². The van der Waals surface area contributed by atoms with Crippen molar-refractivity contribution in [2.45, 2.75) is 0 Å². The predicted molar refractivity (Wildman–Crippen MR) is 55.4 cm³/mol. The van der Waals surface area contributed by atoms with Gasteiger partial charge in [-0.05, 0) is 40.3 Å². The molecule has 0 radical (unpaired) electrons. The van der Waals surface area contributed by atoms with Crippen LogP contribution in [0.2, 0.25) is 0 Å². The third-order valence-corrected chi connectivity index (χ3v) is 2.08. The molecule has 0 N–H and O–H groups in total. The van der Waals surface area contributed by atoms with E-state index in [9.17, 15) is 0 Å². The van der Waals surface area contributed by atoms with Gasteiger partial charge in [0.1, 0.15) is 5.75 Å². The van der Waals surface area contributed by atoms with Crippen molar-refractivity contribution in [1.82, 2.24) is 0 Å². The van der Waals surface area contributed by atoms with Crippen LogP contribution in [0.15, 0.2) is 27.7 Å². The molecular formula is C8H6BrNOS.